The van der Waals surface area contributed by atoms with Crippen LogP contribution in [0.25, 0.3) is 0 Å². The molecule has 1 heterocycles. The molecule has 3 nitrogen and oxygen atoms in total. The third kappa shape index (κ3) is 3.75. The number of halogens is 1. The first-order valence-corrected chi connectivity index (χ1v) is 8.99. The van der Waals surface area contributed by atoms with Crippen molar-refractivity contribution >= 4 is 42.9 Å². The quantitative estimate of drug-likeness (QED) is 0.787. The van der Waals surface area contributed by atoms with E-state index in [4.69, 9.17) is 0 Å². The molecule has 0 saturated carbocycles. The van der Waals surface area contributed by atoms with Crippen molar-refractivity contribution < 1.29 is 13.2 Å². The number of Topliss-reactive ketones (excluding diaryl/α,β-unsaturated/α-hetero) is 1. The number of thiophene rings is 1. The van der Waals surface area contributed by atoms with Gasteiger partial charge in [-0.05, 0) is 34.1 Å². The molecule has 0 spiro atoms. The lowest BCUT2D eigenvalue weighted by molar-refractivity contribution is 0.0993. The van der Waals surface area contributed by atoms with Crippen LogP contribution in [0.4, 0.5) is 0 Å². The van der Waals surface area contributed by atoms with Gasteiger partial charge in [-0.15, -0.1) is 11.3 Å². The lowest BCUT2D eigenvalue weighted by atomic mass is 10.1. The van der Waals surface area contributed by atoms with Crippen molar-refractivity contribution in [1.82, 2.24) is 0 Å². The monoisotopic (exact) mass is 358 g/mol. The summed E-state index contributed by atoms with van der Waals surface area (Å²) in [6.45, 7) is 0. The molecule has 6 heteroatoms. The molecule has 0 fully saturated rings. The standard InChI is InChI=1S/C13H11BrO3S2/c1-19(16,17)12-4-2-9(3-5-12)13(15)7-11-6-10(14)8-18-11/h2-6,8H,7H2,1H3. The molecule has 0 radical (unpaired) electrons. The Kier molecular flexibility index (Phi) is 4.23. The Morgan fingerprint density at radius 2 is 1.89 bits per heavy atom. The van der Waals surface area contributed by atoms with Crippen LogP contribution in [0.5, 0.6) is 0 Å². The number of rotatable bonds is 4. The minimum atomic E-state index is -3.22. The Morgan fingerprint density at radius 1 is 1.26 bits per heavy atom. The zero-order valence-corrected chi connectivity index (χ0v) is 13.3. The molecule has 0 aliphatic carbocycles. The van der Waals surface area contributed by atoms with Gasteiger partial charge in [-0.1, -0.05) is 12.1 Å². The molecule has 2 rings (SSSR count). The van der Waals surface area contributed by atoms with Crippen LogP contribution < -0.4 is 0 Å². The Morgan fingerprint density at radius 3 is 2.37 bits per heavy atom. The summed E-state index contributed by atoms with van der Waals surface area (Å²) < 4.78 is 23.6. The van der Waals surface area contributed by atoms with E-state index in [-0.39, 0.29) is 10.7 Å². The van der Waals surface area contributed by atoms with Crippen molar-refractivity contribution in [3.63, 3.8) is 0 Å². The van der Waals surface area contributed by atoms with Crippen LogP contribution in [0, 0.1) is 0 Å². The fraction of sp³-hybridized carbons (Fsp3) is 0.154. The molecule has 0 aliphatic rings. The molecule has 100 valence electrons. The van der Waals surface area contributed by atoms with Crippen LogP contribution in [0.2, 0.25) is 0 Å². The first-order valence-electron chi connectivity index (χ1n) is 5.42. The summed E-state index contributed by atoms with van der Waals surface area (Å²) >= 11 is 4.86. The molecular formula is C13H11BrO3S2. The van der Waals surface area contributed by atoms with Crippen LogP contribution in [0.15, 0.2) is 45.1 Å². The molecule has 1 aromatic heterocycles. The first-order chi connectivity index (χ1) is 8.86. The maximum atomic E-state index is 12.0. The second kappa shape index (κ2) is 5.56. The highest BCUT2D eigenvalue weighted by atomic mass is 79.9. The molecule has 0 aliphatic heterocycles. The fourth-order valence-electron chi connectivity index (χ4n) is 1.59. The number of hydrogen-bond acceptors (Lipinski definition) is 4. The Bertz CT molecular complexity index is 700. The average molecular weight is 359 g/mol. The van der Waals surface area contributed by atoms with Gasteiger partial charge in [-0.3, -0.25) is 4.79 Å². The number of sulfone groups is 1. The van der Waals surface area contributed by atoms with Gasteiger partial charge in [0.25, 0.3) is 0 Å². The largest absolute Gasteiger partial charge is 0.294 e. The summed E-state index contributed by atoms with van der Waals surface area (Å²) in [5.74, 6) is -0.0191. The van der Waals surface area contributed by atoms with E-state index < -0.39 is 9.84 Å². The van der Waals surface area contributed by atoms with Crippen molar-refractivity contribution in [1.29, 1.82) is 0 Å². The van der Waals surface area contributed by atoms with Crippen LogP contribution >= 0.6 is 27.3 Å². The number of carbonyl (C=O) groups is 1. The highest BCUT2D eigenvalue weighted by molar-refractivity contribution is 9.10. The van der Waals surface area contributed by atoms with Crippen molar-refractivity contribution in [2.45, 2.75) is 11.3 Å². The van der Waals surface area contributed by atoms with Gasteiger partial charge in [0.1, 0.15) is 0 Å². The van der Waals surface area contributed by atoms with E-state index in [1.807, 2.05) is 11.4 Å². The number of benzene rings is 1. The predicted molar refractivity (Wildman–Crippen MR) is 79.6 cm³/mol. The topological polar surface area (TPSA) is 51.2 Å². The molecule has 19 heavy (non-hydrogen) atoms. The highest BCUT2D eigenvalue weighted by Crippen LogP contribution is 2.21. The van der Waals surface area contributed by atoms with Gasteiger partial charge in [-0.25, -0.2) is 8.42 Å². The summed E-state index contributed by atoms with van der Waals surface area (Å²) in [6.07, 6.45) is 1.47. The summed E-state index contributed by atoms with van der Waals surface area (Å²) in [4.78, 5) is 13.2. The zero-order chi connectivity index (χ0) is 14.0. The molecule has 0 bridgehead atoms. The van der Waals surface area contributed by atoms with Gasteiger partial charge in [0.2, 0.25) is 0 Å². The maximum absolute atomic E-state index is 12.0. The van der Waals surface area contributed by atoms with Gasteiger partial charge in [0, 0.05) is 33.0 Å². The zero-order valence-electron chi connectivity index (χ0n) is 10.1. The van der Waals surface area contributed by atoms with Crippen molar-refractivity contribution in [3.8, 4) is 0 Å². The molecule has 0 saturated heterocycles. The van der Waals surface area contributed by atoms with Gasteiger partial charge >= 0.3 is 0 Å². The third-order valence-corrected chi connectivity index (χ3v) is 5.39. The number of ketones is 1. The molecule has 2 aromatic rings. The van der Waals surface area contributed by atoms with E-state index in [1.54, 1.807) is 12.1 Å². The molecular weight excluding hydrogens is 348 g/mol. The molecule has 0 atom stereocenters. The first kappa shape index (κ1) is 14.4. The summed E-state index contributed by atoms with van der Waals surface area (Å²) in [5.41, 5.74) is 0.525. The smallest absolute Gasteiger partial charge is 0.175 e. The highest BCUT2D eigenvalue weighted by Gasteiger charge is 2.11. The number of hydrogen-bond donors (Lipinski definition) is 0. The third-order valence-electron chi connectivity index (χ3n) is 2.56. The van der Waals surface area contributed by atoms with Gasteiger partial charge in [0.05, 0.1) is 4.90 Å². The van der Waals surface area contributed by atoms with E-state index in [0.29, 0.717) is 12.0 Å². The lowest BCUT2D eigenvalue weighted by Gasteiger charge is -2.01. The van der Waals surface area contributed by atoms with E-state index >= 15 is 0 Å². The lowest BCUT2D eigenvalue weighted by Crippen LogP contribution is -2.03. The predicted octanol–water partition coefficient (Wildman–Crippen LogP) is 3.34. The maximum Gasteiger partial charge on any atom is 0.175 e. The number of carbonyl (C=O) groups excluding carboxylic acids is 1. The van der Waals surface area contributed by atoms with Crippen molar-refractivity contribution in [2.75, 3.05) is 6.26 Å². The average Bonchev–Trinajstić information content (AvgIpc) is 2.74. The van der Waals surface area contributed by atoms with E-state index in [1.165, 1.54) is 23.5 Å². The Hall–Kier alpha value is -0.980. The Balaban J connectivity index is 2.16. The van der Waals surface area contributed by atoms with E-state index in [0.717, 1.165) is 15.6 Å². The van der Waals surface area contributed by atoms with Gasteiger partial charge in [0.15, 0.2) is 15.6 Å². The molecule has 1 aromatic carbocycles. The summed E-state index contributed by atoms with van der Waals surface area (Å²) in [7, 11) is -3.22. The minimum absolute atomic E-state index is 0.0191. The molecule has 0 N–H and O–H groups in total. The molecule has 0 unspecified atom stereocenters. The SMILES string of the molecule is CS(=O)(=O)c1ccc(C(=O)Cc2cc(Br)cs2)cc1. The van der Waals surface area contributed by atoms with Crippen LogP contribution in [0.3, 0.4) is 0 Å². The minimum Gasteiger partial charge on any atom is -0.294 e. The second-order valence-corrected chi connectivity index (χ2v) is 8.05. The van der Waals surface area contributed by atoms with Crippen LogP contribution in [-0.2, 0) is 16.3 Å². The van der Waals surface area contributed by atoms with Gasteiger partial charge < -0.3 is 0 Å². The summed E-state index contributed by atoms with van der Waals surface area (Å²) in [5, 5.41) is 1.93. The summed E-state index contributed by atoms with van der Waals surface area (Å²) in [6, 6.07) is 7.95. The second-order valence-electron chi connectivity index (χ2n) is 4.13. The van der Waals surface area contributed by atoms with E-state index in [2.05, 4.69) is 15.9 Å². The van der Waals surface area contributed by atoms with E-state index in [9.17, 15) is 13.2 Å². The normalized spacial score (nSPS) is 11.5. The Labute approximate surface area is 124 Å². The van der Waals surface area contributed by atoms with Gasteiger partial charge in [-0.2, -0.15) is 0 Å². The van der Waals surface area contributed by atoms with Crippen LogP contribution in [0.1, 0.15) is 15.2 Å². The molecule has 0 amide bonds. The van der Waals surface area contributed by atoms with Crippen molar-refractivity contribution in [3.05, 3.63) is 50.6 Å². The van der Waals surface area contributed by atoms with Crippen molar-refractivity contribution in [2.24, 2.45) is 0 Å². The fourth-order valence-corrected chi connectivity index (χ4v) is 3.67. The van der Waals surface area contributed by atoms with Crippen LogP contribution in [-0.4, -0.2) is 20.5 Å².